The third-order valence-corrected chi connectivity index (χ3v) is 5.84. The molecule has 118 valence electrons. The van der Waals surface area contributed by atoms with Gasteiger partial charge in [-0.05, 0) is 44.5 Å². The number of hydrogen-bond acceptors (Lipinski definition) is 3. The van der Waals surface area contributed by atoms with E-state index in [1.54, 1.807) is 12.1 Å². The Bertz CT molecular complexity index is 571. The summed E-state index contributed by atoms with van der Waals surface area (Å²) in [7, 11) is -0.376. The van der Waals surface area contributed by atoms with Crippen LogP contribution in [-0.4, -0.2) is 46.5 Å². The first-order valence-electron chi connectivity index (χ1n) is 7.10. The normalized spacial score (nSPS) is 17.9. The Morgan fingerprint density at radius 3 is 2.52 bits per heavy atom. The molecule has 2 rings (SSSR count). The molecule has 1 fully saturated rings. The molecule has 1 N–H and O–H groups in total. The fourth-order valence-corrected chi connectivity index (χ4v) is 4.05. The fraction of sp³-hybridized carbons (Fsp3) is 0.571. The number of para-hydroxylation sites is 1. The minimum absolute atomic E-state index is 0.0786. The van der Waals surface area contributed by atoms with Crippen LogP contribution in [0.25, 0.3) is 0 Å². The quantitative estimate of drug-likeness (QED) is 0.894. The summed E-state index contributed by atoms with van der Waals surface area (Å²) in [5, 5.41) is 3.12. The summed E-state index contributed by atoms with van der Waals surface area (Å²) >= 11 is 0. The highest BCUT2D eigenvalue weighted by atomic mass is 32.2. The second-order valence-corrected chi connectivity index (χ2v) is 7.29. The zero-order valence-corrected chi connectivity index (χ0v) is 13.2. The van der Waals surface area contributed by atoms with Crippen molar-refractivity contribution in [2.75, 3.05) is 38.0 Å². The van der Waals surface area contributed by atoms with Crippen LogP contribution >= 0.6 is 0 Å². The molecule has 1 saturated heterocycles. The largest absolute Gasteiger partial charge is 0.319 e. The standard InChI is InChI=1S/C14H22FN3O2S/c1-16-11-12-7-9-18(10-8-12)21(19,20)17(2)14-6-4-3-5-13(14)15/h3-6,12,16H,7-11H2,1-2H3. The predicted octanol–water partition coefficient (Wildman–Crippen LogP) is 1.44. The number of rotatable bonds is 5. The van der Waals surface area contributed by atoms with Crippen LogP contribution in [0.2, 0.25) is 0 Å². The summed E-state index contributed by atoms with van der Waals surface area (Å²) < 4.78 is 41.4. The molecular weight excluding hydrogens is 293 g/mol. The van der Waals surface area contributed by atoms with E-state index >= 15 is 0 Å². The van der Waals surface area contributed by atoms with Gasteiger partial charge in [-0.15, -0.1) is 0 Å². The molecule has 1 aliphatic heterocycles. The van der Waals surface area contributed by atoms with E-state index in [1.165, 1.54) is 23.5 Å². The van der Waals surface area contributed by atoms with E-state index in [-0.39, 0.29) is 5.69 Å². The van der Waals surface area contributed by atoms with E-state index < -0.39 is 16.0 Å². The van der Waals surface area contributed by atoms with Crippen molar-refractivity contribution in [3.63, 3.8) is 0 Å². The number of nitrogens with one attached hydrogen (secondary N) is 1. The van der Waals surface area contributed by atoms with Crippen LogP contribution in [0.3, 0.4) is 0 Å². The van der Waals surface area contributed by atoms with Crippen molar-refractivity contribution >= 4 is 15.9 Å². The van der Waals surface area contributed by atoms with E-state index in [2.05, 4.69) is 5.32 Å². The summed E-state index contributed by atoms with van der Waals surface area (Å²) in [5.41, 5.74) is 0.0786. The van der Waals surface area contributed by atoms with Crippen molar-refractivity contribution in [1.82, 2.24) is 9.62 Å². The Kier molecular flexibility index (Phi) is 5.18. The number of piperidine rings is 1. The van der Waals surface area contributed by atoms with Crippen LogP contribution in [0.5, 0.6) is 0 Å². The Balaban J connectivity index is 2.10. The SMILES string of the molecule is CNCC1CCN(S(=O)(=O)N(C)c2ccccc2F)CC1. The average molecular weight is 315 g/mol. The molecular formula is C14H22FN3O2S. The highest BCUT2D eigenvalue weighted by Gasteiger charge is 2.31. The fourth-order valence-electron chi connectivity index (χ4n) is 2.64. The average Bonchev–Trinajstić information content (AvgIpc) is 2.48. The Hall–Kier alpha value is -1.18. The smallest absolute Gasteiger partial charge is 0.303 e. The molecule has 0 unspecified atom stereocenters. The minimum atomic E-state index is -3.67. The van der Waals surface area contributed by atoms with Crippen LogP contribution in [0.4, 0.5) is 10.1 Å². The molecule has 1 aromatic rings. The highest BCUT2D eigenvalue weighted by Crippen LogP contribution is 2.25. The molecule has 5 nitrogen and oxygen atoms in total. The van der Waals surface area contributed by atoms with Gasteiger partial charge in [-0.1, -0.05) is 12.1 Å². The van der Waals surface area contributed by atoms with Crippen molar-refractivity contribution in [1.29, 1.82) is 0 Å². The first-order valence-corrected chi connectivity index (χ1v) is 8.49. The van der Waals surface area contributed by atoms with Crippen molar-refractivity contribution < 1.29 is 12.8 Å². The lowest BCUT2D eigenvalue weighted by Gasteiger charge is -2.34. The Morgan fingerprint density at radius 2 is 1.95 bits per heavy atom. The van der Waals surface area contributed by atoms with Crippen LogP contribution in [0, 0.1) is 11.7 Å². The van der Waals surface area contributed by atoms with Gasteiger partial charge in [0.05, 0.1) is 5.69 Å². The van der Waals surface area contributed by atoms with Crippen molar-refractivity contribution in [3.8, 4) is 0 Å². The molecule has 21 heavy (non-hydrogen) atoms. The monoisotopic (exact) mass is 315 g/mol. The van der Waals surface area contributed by atoms with Crippen molar-refractivity contribution in [2.45, 2.75) is 12.8 Å². The molecule has 1 aliphatic rings. The summed E-state index contributed by atoms with van der Waals surface area (Å²) in [4.78, 5) is 0. The van der Waals surface area contributed by atoms with E-state index in [4.69, 9.17) is 0 Å². The molecule has 7 heteroatoms. The van der Waals surface area contributed by atoms with Crippen LogP contribution < -0.4 is 9.62 Å². The van der Waals surface area contributed by atoms with Gasteiger partial charge < -0.3 is 5.32 Å². The molecule has 1 heterocycles. The molecule has 0 spiro atoms. The zero-order valence-electron chi connectivity index (χ0n) is 12.4. The molecule has 0 atom stereocenters. The van der Waals surface area contributed by atoms with Crippen LogP contribution in [-0.2, 0) is 10.2 Å². The van der Waals surface area contributed by atoms with Crippen LogP contribution in [0.15, 0.2) is 24.3 Å². The minimum Gasteiger partial charge on any atom is -0.319 e. The maximum absolute atomic E-state index is 13.8. The van der Waals surface area contributed by atoms with Gasteiger partial charge in [0, 0.05) is 20.1 Å². The van der Waals surface area contributed by atoms with Gasteiger partial charge in [-0.25, -0.2) is 4.39 Å². The van der Waals surface area contributed by atoms with Crippen LogP contribution in [0.1, 0.15) is 12.8 Å². The second kappa shape index (κ2) is 6.72. The lowest BCUT2D eigenvalue weighted by atomic mass is 9.98. The molecule has 0 aromatic heterocycles. The van der Waals surface area contributed by atoms with Gasteiger partial charge in [-0.3, -0.25) is 4.31 Å². The molecule has 1 aromatic carbocycles. The topological polar surface area (TPSA) is 52.7 Å². The Labute approximate surface area is 125 Å². The third kappa shape index (κ3) is 3.53. The van der Waals surface area contributed by atoms with E-state index in [0.717, 1.165) is 23.7 Å². The maximum Gasteiger partial charge on any atom is 0.303 e. The van der Waals surface area contributed by atoms with Gasteiger partial charge in [0.1, 0.15) is 5.82 Å². The number of benzene rings is 1. The number of anilines is 1. The van der Waals surface area contributed by atoms with Crippen molar-refractivity contribution in [3.05, 3.63) is 30.1 Å². The van der Waals surface area contributed by atoms with Gasteiger partial charge >= 0.3 is 10.2 Å². The summed E-state index contributed by atoms with van der Waals surface area (Å²) in [6, 6.07) is 5.91. The van der Waals surface area contributed by atoms with E-state index in [1.807, 2.05) is 7.05 Å². The van der Waals surface area contributed by atoms with Gasteiger partial charge in [0.25, 0.3) is 0 Å². The molecule has 0 amide bonds. The van der Waals surface area contributed by atoms with Gasteiger partial charge in [0.15, 0.2) is 0 Å². The van der Waals surface area contributed by atoms with E-state index in [9.17, 15) is 12.8 Å². The van der Waals surface area contributed by atoms with E-state index in [0.29, 0.717) is 19.0 Å². The maximum atomic E-state index is 13.8. The lowest BCUT2D eigenvalue weighted by Crippen LogP contribution is -2.47. The molecule has 0 aliphatic carbocycles. The van der Waals surface area contributed by atoms with Gasteiger partial charge in [-0.2, -0.15) is 12.7 Å². The summed E-state index contributed by atoms with van der Waals surface area (Å²) in [5.74, 6) is -0.0335. The Morgan fingerprint density at radius 1 is 1.33 bits per heavy atom. The number of nitrogens with zero attached hydrogens (tertiary/aromatic N) is 2. The second-order valence-electron chi connectivity index (χ2n) is 5.33. The predicted molar refractivity (Wildman–Crippen MR) is 81.9 cm³/mol. The van der Waals surface area contributed by atoms with Gasteiger partial charge in [0.2, 0.25) is 0 Å². The summed E-state index contributed by atoms with van der Waals surface area (Å²) in [6.45, 7) is 1.86. The zero-order chi connectivity index (χ0) is 15.5. The highest BCUT2D eigenvalue weighted by molar-refractivity contribution is 7.90. The molecule has 0 bridgehead atoms. The lowest BCUT2D eigenvalue weighted by molar-refractivity contribution is 0.270. The first kappa shape index (κ1) is 16.2. The first-order chi connectivity index (χ1) is 9.96. The number of hydrogen-bond donors (Lipinski definition) is 1. The third-order valence-electron chi connectivity index (χ3n) is 3.93. The molecule has 0 radical (unpaired) electrons. The molecule has 0 saturated carbocycles. The number of halogens is 1. The summed E-state index contributed by atoms with van der Waals surface area (Å²) in [6.07, 6.45) is 1.65. The van der Waals surface area contributed by atoms with Crippen molar-refractivity contribution in [2.24, 2.45) is 5.92 Å².